The van der Waals surface area contributed by atoms with Gasteiger partial charge in [0.2, 0.25) is 5.91 Å². The summed E-state index contributed by atoms with van der Waals surface area (Å²) in [6.45, 7) is 3.69. The Hall–Kier alpha value is -1.59. The molecule has 1 amide bonds. The van der Waals surface area contributed by atoms with Crippen LogP contribution in [-0.2, 0) is 16.0 Å². The van der Waals surface area contributed by atoms with Crippen molar-refractivity contribution in [2.75, 3.05) is 40.0 Å². The molecule has 2 heterocycles. The first kappa shape index (κ1) is 16.3. The highest BCUT2D eigenvalue weighted by Gasteiger charge is 2.29. The van der Waals surface area contributed by atoms with Crippen LogP contribution in [0.5, 0.6) is 5.75 Å². The second-order valence-electron chi connectivity index (χ2n) is 6.40. The number of nitrogens with one attached hydrogen (secondary N) is 1. The molecule has 5 heteroatoms. The van der Waals surface area contributed by atoms with Gasteiger partial charge in [0.05, 0.1) is 20.3 Å². The molecule has 126 valence electrons. The first-order valence-corrected chi connectivity index (χ1v) is 8.49. The molecule has 0 saturated carbocycles. The van der Waals surface area contributed by atoms with Crippen molar-refractivity contribution in [2.24, 2.45) is 5.92 Å². The SMILES string of the molecule is COc1ccc(CC2CCN(C(=O)C3COCCN3)CC2)cc1. The van der Waals surface area contributed by atoms with E-state index in [0.717, 1.165) is 44.6 Å². The van der Waals surface area contributed by atoms with Crippen LogP contribution in [-0.4, -0.2) is 56.8 Å². The molecule has 5 nitrogen and oxygen atoms in total. The van der Waals surface area contributed by atoms with Crippen LogP contribution in [0.3, 0.4) is 0 Å². The maximum Gasteiger partial charge on any atom is 0.242 e. The van der Waals surface area contributed by atoms with Crippen LogP contribution in [0.4, 0.5) is 0 Å². The van der Waals surface area contributed by atoms with Crippen molar-refractivity contribution in [3.05, 3.63) is 29.8 Å². The zero-order chi connectivity index (χ0) is 16.1. The van der Waals surface area contributed by atoms with Crippen molar-refractivity contribution < 1.29 is 14.3 Å². The highest BCUT2D eigenvalue weighted by Crippen LogP contribution is 2.23. The number of rotatable bonds is 4. The van der Waals surface area contributed by atoms with Gasteiger partial charge in [-0.25, -0.2) is 0 Å². The molecule has 0 bridgehead atoms. The number of methoxy groups -OCH3 is 1. The first-order valence-electron chi connectivity index (χ1n) is 8.49. The van der Waals surface area contributed by atoms with Gasteiger partial charge in [0.15, 0.2) is 0 Å². The van der Waals surface area contributed by atoms with Gasteiger partial charge in [-0.15, -0.1) is 0 Å². The Bertz CT molecular complexity index is 504. The lowest BCUT2D eigenvalue weighted by molar-refractivity contribution is -0.137. The number of morpholine rings is 1. The third-order valence-electron chi connectivity index (χ3n) is 4.83. The lowest BCUT2D eigenvalue weighted by atomic mass is 9.90. The molecule has 23 heavy (non-hydrogen) atoms. The molecule has 2 aliphatic rings. The predicted molar refractivity (Wildman–Crippen MR) is 88.6 cm³/mol. The number of ether oxygens (including phenoxy) is 2. The van der Waals surface area contributed by atoms with E-state index in [0.29, 0.717) is 19.1 Å². The molecule has 2 saturated heterocycles. The van der Waals surface area contributed by atoms with E-state index in [4.69, 9.17) is 9.47 Å². The second kappa shape index (κ2) is 7.79. The number of benzene rings is 1. The molecule has 2 fully saturated rings. The molecule has 2 aliphatic heterocycles. The summed E-state index contributed by atoms with van der Waals surface area (Å²) in [7, 11) is 1.69. The van der Waals surface area contributed by atoms with Crippen LogP contribution in [0.1, 0.15) is 18.4 Å². The van der Waals surface area contributed by atoms with Gasteiger partial charge in [-0.05, 0) is 42.9 Å². The Labute approximate surface area is 137 Å². The molecular weight excluding hydrogens is 292 g/mol. The van der Waals surface area contributed by atoms with E-state index in [-0.39, 0.29) is 11.9 Å². The Morgan fingerprint density at radius 2 is 2.04 bits per heavy atom. The molecule has 0 radical (unpaired) electrons. The smallest absolute Gasteiger partial charge is 0.242 e. The molecule has 1 atom stereocenters. The zero-order valence-corrected chi connectivity index (χ0v) is 13.8. The van der Waals surface area contributed by atoms with Gasteiger partial charge in [-0.1, -0.05) is 12.1 Å². The summed E-state index contributed by atoms with van der Waals surface area (Å²) in [5, 5.41) is 3.25. The summed E-state index contributed by atoms with van der Waals surface area (Å²) < 4.78 is 10.6. The van der Waals surface area contributed by atoms with Gasteiger partial charge in [-0.3, -0.25) is 4.79 Å². The third kappa shape index (κ3) is 4.24. The lowest BCUT2D eigenvalue weighted by Gasteiger charge is -2.35. The lowest BCUT2D eigenvalue weighted by Crippen LogP contribution is -2.54. The standard InChI is InChI=1S/C18H26N2O3/c1-22-16-4-2-14(3-5-16)12-15-6-9-20(10-7-15)18(21)17-13-23-11-8-19-17/h2-5,15,17,19H,6-13H2,1H3. The summed E-state index contributed by atoms with van der Waals surface area (Å²) >= 11 is 0. The fraction of sp³-hybridized carbons (Fsp3) is 0.611. The average Bonchev–Trinajstić information content (AvgIpc) is 2.63. The van der Waals surface area contributed by atoms with Crippen LogP contribution < -0.4 is 10.1 Å². The third-order valence-corrected chi connectivity index (χ3v) is 4.83. The Kier molecular flexibility index (Phi) is 5.51. The van der Waals surface area contributed by atoms with Crippen molar-refractivity contribution >= 4 is 5.91 Å². The molecular formula is C18H26N2O3. The van der Waals surface area contributed by atoms with E-state index >= 15 is 0 Å². The maximum atomic E-state index is 12.5. The number of hydrogen-bond donors (Lipinski definition) is 1. The van der Waals surface area contributed by atoms with E-state index in [9.17, 15) is 4.79 Å². The van der Waals surface area contributed by atoms with Gasteiger partial charge < -0.3 is 19.7 Å². The van der Waals surface area contributed by atoms with Gasteiger partial charge in [0, 0.05) is 19.6 Å². The predicted octanol–water partition coefficient (Wildman–Crippen LogP) is 1.46. The maximum absolute atomic E-state index is 12.5. The van der Waals surface area contributed by atoms with Gasteiger partial charge in [-0.2, -0.15) is 0 Å². The van der Waals surface area contributed by atoms with Crippen molar-refractivity contribution in [1.82, 2.24) is 10.2 Å². The number of carbonyl (C=O) groups is 1. The second-order valence-corrected chi connectivity index (χ2v) is 6.40. The number of hydrogen-bond acceptors (Lipinski definition) is 4. The Morgan fingerprint density at radius 3 is 2.65 bits per heavy atom. The average molecular weight is 318 g/mol. The van der Waals surface area contributed by atoms with E-state index in [1.54, 1.807) is 7.11 Å². The van der Waals surface area contributed by atoms with Crippen molar-refractivity contribution in [1.29, 1.82) is 0 Å². The summed E-state index contributed by atoms with van der Waals surface area (Å²) in [5.74, 6) is 1.76. The van der Waals surface area contributed by atoms with Crippen LogP contribution in [0, 0.1) is 5.92 Å². The van der Waals surface area contributed by atoms with Crippen molar-refractivity contribution in [3.63, 3.8) is 0 Å². The van der Waals surface area contributed by atoms with Gasteiger partial charge in [0.25, 0.3) is 0 Å². The van der Waals surface area contributed by atoms with E-state index in [2.05, 4.69) is 17.4 Å². The highest BCUT2D eigenvalue weighted by molar-refractivity contribution is 5.82. The molecule has 3 rings (SSSR count). The van der Waals surface area contributed by atoms with Gasteiger partial charge in [0.1, 0.15) is 11.8 Å². The fourth-order valence-corrected chi connectivity index (χ4v) is 3.40. The quantitative estimate of drug-likeness (QED) is 0.913. The summed E-state index contributed by atoms with van der Waals surface area (Å²) in [5.41, 5.74) is 1.35. The van der Waals surface area contributed by atoms with Gasteiger partial charge >= 0.3 is 0 Å². The molecule has 1 N–H and O–H groups in total. The number of amides is 1. The minimum Gasteiger partial charge on any atom is -0.497 e. The molecule has 0 aliphatic carbocycles. The van der Waals surface area contributed by atoms with E-state index < -0.39 is 0 Å². The summed E-state index contributed by atoms with van der Waals surface area (Å²) in [6.07, 6.45) is 3.23. The van der Waals surface area contributed by atoms with Crippen LogP contribution in [0.25, 0.3) is 0 Å². The van der Waals surface area contributed by atoms with E-state index in [1.807, 2.05) is 17.0 Å². The Balaban J connectivity index is 1.46. The normalized spacial score (nSPS) is 22.8. The monoisotopic (exact) mass is 318 g/mol. The van der Waals surface area contributed by atoms with Crippen molar-refractivity contribution in [2.45, 2.75) is 25.3 Å². The molecule has 1 unspecified atom stereocenters. The number of piperidine rings is 1. The van der Waals surface area contributed by atoms with Crippen molar-refractivity contribution in [3.8, 4) is 5.75 Å². The van der Waals surface area contributed by atoms with Crippen LogP contribution in [0.2, 0.25) is 0 Å². The minimum atomic E-state index is -0.151. The molecule has 1 aromatic rings. The zero-order valence-electron chi connectivity index (χ0n) is 13.8. The summed E-state index contributed by atoms with van der Waals surface area (Å²) in [6, 6.07) is 8.16. The summed E-state index contributed by atoms with van der Waals surface area (Å²) in [4.78, 5) is 14.5. The number of carbonyl (C=O) groups excluding carboxylic acids is 1. The topological polar surface area (TPSA) is 50.8 Å². The Morgan fingerprint density at radius 1 is 1.30 bits per heavy atom. The largest absolute Gasteiger partial charge is 0.497 e. The minimum absolute atomic E-state index is 0.151. The van der Waals surface area contributed by atoms with E-state index in [1.165, 1.54) is 5.56 Å². The number of likely N-dealkylation sites (tertiary alicyclic amines) is 1. The van der Waals surface area contributed by atoms with Crippen LogP contribution in [0.15, 0.2) is 24.3 Å². The van der Waals surface area contributed by atoms with Crippen LogP contribution >= 0.6 is 0 Å². The molecule has 1 aromatic carbocycles. The fourth-order valence-electron chi connectivity index (χ4n) is 3.40. The number of nitrogens with zero attached hydrogens (tertiary/aromatic N) is 1. The molecule has 0 spiro atoms. The molecule has 0 aromatic heterocycles. The first-order chi connectivity index (χ1) is 11.3. The highest BCUT2D eigenvalue weighted by atomic mass is 16.5.